The smallest absolute Gasteiger partial charge is 0.0672 e. The lowest BCUT2D eigenvalue weighted by Gasteiger charge is -2.33. The molecule has 2 heteroatoms. The summed E-state index contributed by atoms with van der Waals surface area (Å²) in [6.07, 6.45) is 11.2. The summed E-state index contributed by atoms with van der Waals surface area (Å²) >= 11 is 0. The molecular formula is C14H27NO. The predicted octanol–water partition coefficient (Wildman–Crippen LogP) is 3.10. The summed E-state index contributed by atoms with van der Waals surface area (Å²) in [5, 5.41) is 0. The zero-order chi connectivity index (χ0) is 11.4. The van der Waals surface area contributed by atoms with Crippen LogP contribution in [-0.2, 0) is 4.74 Å². The standard InChI is InChI=1S/C14H27NO/c1-2-3-4-5-8-14(11-15)9-10-16-13(14)12-6-7-12/h12-13H,2-11,15H2,1H3. The van der Waals surface area contributed by atoms with Crippen LogP contribution < -0.4 is 5.73 Å². The fourth-order valence-electron chi connectivity index (χ4n) is 3.23. The average Bonchev–Trinajstić information content (AvgIpc) is 3.06. The van der Waals surface area contributed by atoms with Crippen molar-refractivity contribution in [3.8, 4) is 0 Å². The summed E-state index contributed by atoms with van der Waals surface area (Å²) in [5.74, 6) is 0.845. The highest BCUT2D eigenvalue weighted by Gasteiger charge is 2.49. The minimum atomic E-state index is 0.342. The van der Waals surface area contributed by atoms with Gasteiger partial charge in [0.2, 0.25) is 0 Å². The average molecular weight is 225 g/mol. The second-order valence-corrected chi connectivity index (χ2v) is 5.76. The van der Waals surface area contributed by atoms with Gasteiger partial charge in [0, 0.05) is 18.6 Å². The zero-order valence-electron chi connectivity index (χ0n) is 10.7. The highest BCUT2D eigenvalue weighted by atomic mass is 16.5. The number of nitrogens with two attached hydrogens (primary N) is 1. The highest BCUT2D eigenvalue weighted by molar-refractivity contribution is 4.99. The first-order valence-corrected chi connectivity index (χ1v) is 7.14. The quantitative estimate of drug-likeness (QED) is 0.676. The summed E-state index contributed by atoms with van der Waals surface area (Å²) in [6, 6.07) is 0. The van der Waals surface area contributed by atoms with E-state index in [0.717, 1.165) is 19.1 Å². The van der Waals surface area contributed by atoms with Crippen molar-refractivity contribution in [1.82, 2.24) is 0 Å². The fraction of sp³-hybridized carbons (Fsp3) is 1.00. The predicted molar refractivity (Wildman–Crippen MR) is 67.3 cm³/mol. The first-order chi connectivity index (χ1) is 7.82. The maximum absolute atomic E-state index is 6.06. The number of hydrogen-bond acceptors (Lipinski definition) is 2. The van der Waals surface area contributed by atoms with Crippen molar-refractivity contribution in [2.45, 2.75) is 64.4 Å². The van der Waals surface area contributed by atoms with Crippen LogP contribution in [0.25, 0.3) is 0 Å². The van der Waals surface area contributed by atoms with Crippen molar-refractivity contribution in [2.24, 2.45) is 17.1 Å². The van der Waals surface area contributed by atoms with Crippen LogP contribution in [-0.4, -0.2) is 19.3 Å². The third-order valence-corrected chi connectivity index (χ3v) is 4.49. The van der Waals surface area contributed by atoms with Gasteiger partial charge in [-0.3, -0.25) is 0 Å². The maximum atomic E-state index is 6.06. The van der Waals surface area contributed by atoms with Crippen molar-refractivity contribution >= 4 is 0 Å². The molecule has 0 spiro atoms. The second-order valence-electron chi connectivity index (χ2n) is 5.76. The molecule has 16 heavy (non-hydrogen) atoms. The van der Waals surface area contributed by atoms with Crippen LogP contribution in [0.5, 0.6) is 0 Å². The Kier molecular flexibility index (Phi) is 4.26. The van der Waals surface area contributed by atoms with E-state index in [4.69, 9.17) is 10.5 Å². The summed E-state index contributed by atoms with van der Waals surface area (Å²) < 4.78 is 5.96. The molecule has 2 fully saturated rings. The van der Waals surface area contributed by atoms with Crippen LogP contribution in [0, 0.1) is 11.3 Å². The van der Waals surface area contributed by atoms with Gasteiger partial charge in [0.15, 0.2) is 0 Å². The van der Waals surface area contributed by atoms with Gasteiger partial charge in [0.25, 0.3) is 0 Å². The van der Waals surface area contributed by atoms with Crippen molar-refractivity contribution in [3.05, 3.63) is 0 Å². The van der Waals surface area contributed by atoms with Crippen LogP contribution >= 0.6 is 0 Å². The number of unbranched alkanes of at least 4 members (excludes halogenated alkanes) is 3. The van der Waals surface area contributed by atoms with Crippen LogP contribution in [0.2, 0.25) is 0 Å². The number of ether oxygens (including phenoxy) is 1. The maximum Gasteiger partial charge on any atom is 0.0672 e. The van der Waals surface area contributed by atoms with Crippen LogP contribution in [0.4, 0.5) is 0 Å². The normalized spacial score (nSPS) is 34.5. The third kappa shape index (κ3) is 2.60. The van der Waals surface area contributed by atoms with Gasteiger partial charge < -0.3 is 10.5 Å². The van der Waals surface area contributed by atoms with Crippen LogP contribution in [0.15, 0.2) is 0 Å². The monoisotopic (exact) mass is 225 g/mol. The molecule has 2 unspecified atom stereocenters. The van der Waals surface area contributed by atoms with E-state index in [-0.39, 0.29) is 0 Å². The Labute approximate surface area is 99.9 Å². The van der Waals surface area contributed by atoms with Gasteiger partial charge >= 0.3 is 0 Å². The minimum Gasteiger partial charge on any atom is -0.377 e. The Morgan fingerprint density at radius 1 is 1.25 bits per heavy atom. The molecule has 0 amide bonds. The molecule has 2 N–H and O–H groups in total. The SMILES string of the molecule is CCCCCCC1(CN)CCOC1C1CC1. The molecular weight excluding hydrogens is 198 g/mol. The molecule has 1 saturated heterocycles. The first-order valence-electron chi connectivity index (χ1n) is 7.14. The van der Waals surface area contributed by atoms with E-state index < -0.39 is 0 Å². The summed E-state index contributed by atoms with van der Waals surface area (Å²) in [6.45, 7) is 4.05. The second kappa shape index (κ2) is 5.50. The van der Waals surface area contributed by atoms with E-state index in [1.54, 1.807) is 0 Å². The molecule has 1 aliphatic heterocycles. The lowest BCUT2D eigenvalue weighted by atomic mass is 9.75. The number of hydrogen-bond donors (Lipinski definition) is 1. The summed E-state index contributed by atoms with van der Waals surface area (Å²) in [4.78, 5) is 0. The van der Waals surface area contributed by atoms with Gasteiger partial charge in [-0.05, 0) is 31.6 Å². The van der Waals surface area contributed by atoms with Crippen LogP contribution in [0.3, 0.4) is 0 Å². The molecule has 1 saturated carbocycles. The van der Waals surface area contributed by atoms with E-state index in [9.17, 15) is 0 Å². The minimum absolute atomic E-state index is 0.342. The Balaban J connectivity index is 1.84. The molecule has 0 radical (unpaired) electrons. The Bertz CT molecular complexity index is 215. The summed E-state index contributed by atoms with van der Waals surface area (Å²) in [5.41, 5.74) is 6.40. The van der Waals surface area contributed by atoms with E-state index >= 15 is 0 Å². The van der Waals surface area contributed by atoms with E-state index in [0.29, 0.717) is 11.5 Å². The Morgan fingerprint density at radius 2 is 2.06 bits per heavy atom. The molecule has 0 aromatic heterocycles. The molecule has 0 aromatic carbocycles. The van der Waals surface area contributed by atoms with Gasteiger partial charge in [-0.15, -0.1) is 0 Å². The van der Waals surface area contributed by atoms with Gasteiger partial charge in [-0.1, -0.05) is 32.6 Å². The molecule has 2 atom stereocenters. The van der Waals surface area contributed by atoms with Crippen molar-refractivity contribution < 1.29 is 4.74 Å². The van der Waals surface area contributed by atoms with Gasteiger partial charge in [0.1, 0.15) is 0 Å². The van der Waals surface area contributed by atoms with E-state index in [2.05, 4.69) is 6.92 Å². The molecule has 1 aliphatic carbocycles. The van der Waals surface area contributed by atoms with Gasteiger partial charge in [-0.25, -0.2) is 0 Å². The molecule has 0 aromatic rings. The highest BCUT2D eigenvalue weighted by Crippen LogP contribution is 2.49. The summed E-state index contributed by atoms with van der Waals surface area (Å²) in [7, 11) is 0. The lowest BCUT2D eigenvalue weighted by Crippen LogP contribution is -2.39. The Hall–Kier alpha value is -0.0800. The number of rotatable bonds is 7. The molecule has 2 rings (SSSR count). The van der Waals surface area contributed by atoms with Crippen molar-refractivity contribution in [2.75, 3.05) is 13.2 Å². The molecule has 0 bridgehead atoms. The molecule has 2 nitrogen and oxygen atoms in total. The van der Waals surface area contributed by atoms with Crippen LogP contribution in [0.1, 0.15) is 58.3 Å². The first kappa shape index (κ1) is 12.4. The Morgan fingerprint density at radius 3 is 2.69 bits per heavy atom. The third-order valence-electron chi connectivity index (χ3n) is 4.49. The zero-order valence-corrected chi connectivity index (χ0v) is 10.7. The topological polar surface area (TPSA) is 35.2 Å². The molecule has 1 heterocycles. The van der Waals surface area contributed by atoms with Gasteiger partial charge in [0.05, 0.1) is 6.10 Å². The molecule has 94 valence electrons. The molecule has 2 aliphatic rings. The largest absolute Gasteiger partial charge is 0.377 e. The van der Waals surface area contributed by atoms with Crippen molar-refractivity contribution in [3.63, 3.8) is 0 Å². The van der Waals surface area contributed by atoms with E-state index in [1.807, 2.05) is 0 Å². The van der Waals surface area contributed by atoms with E-state index in [1.165, 1.54) is 51.4 Å². The fourth-order valence-corrected chi connectivity index (χ4v) is 3.23. The van der Waals surface area contributed by atoms with Crippen molar-refractivity contribution in [1.29, 1.82) is 0 Å². The lowest BCUT2D eigenvalue weighted by molar-refractivity contribution is 0.0293. The van der Waals surface area contributed by atoms with Gasteiger partial charge in [-0.2, -0.15) is 0 Å².